The highest BCUT2D eigenvalue weighted by atomic mass is 15.0. The van der Waals surface area contributed by atoms with Crippen molar-refractivity contribution in [1.29, 1.82) is 10.5 Å². The summed E-state index contributed by atoms with van der Waals surface area (Å²) in [5, 5.41) is 20.0. The number of hydrogen-bond acceptors (Lipinski definition) is 4. The maximum Gasteiger partial charge on any atom is 0.169 e. The monoisotopic (exact) mass is 226 g/mol. The van der Waals surface area contributed by atoms with Crippen molar-refractivity contribution in [3.8, 4) is 12.1 Å². The van der Waals surface area contributed by atoms with Gasteiger partial charge in [-0.25, -0.2) is 0 Å². The number of nitrogens with zero attached hydrogens (tertiary/aromatic N) is 2. The molecule has 0 aliphatic rings. The van der Waals surface area contributed by atoms with E-state index in [2.05, 4.69) is 17.4 Å². The van der Waals surface area contributed by atoms with Gasteiger partial charge in [0.2, 0.25) is 0 Å². The summed E-state index contributed by atoms with van der Waals surface area (Å²) in [4.78, 5) is 0. The number of rotatable bonds is 5. The lowest BCUT2D eigenvalue weighted by Crippen LogP contribution is -2.23. The molecule has 0 fully saturated rings. The molecule has 86 valence electrons. The van der Waals surface area contributed by atoms with E-state index in [-0.39, 0.29) is 11.4 Å². The molecule has 4 heteroatoms. The summed E-state index contributed by atoms with van der Waals surface area (Å²) in [6.45, 7) is 0.646. The molecule has 4 nitrogen and oxygen atoms in total. The average Bonchev–Trinajstić information content (AvgIpc) is 2.37. The largest absolute Gasteiger partial charge is 0.384 e. The van der Waals surface area contributed by atoms with E-state index >= 15 is 0 Å². The summed E-state index contributed by atoms with van der Waals surface area (Å²) in [7, 11) is 0. The molecule has 1 aromatic carbocycles. The SMILES string of the molecule is N#CC(C#N)=C(N)NCCCc1ccccc1. The molecular weight excluding hydrogens is 212 g/mol. The van der Waals surface area contributed by atoms with Crippen molar-refractivity contribution in [2.45, 2.75) is 12.8 Å². The molecule has 0 heterocycles. The molecule has 0 aliphatic carbocycles. The minimum atomic E-state index is -0.0651. The fourth-order valence-electron chi connectivity index (χ4n) is 1.39. The van der Waals surface area contributed by atoms with E-state index in [1.54, 1.807) is 12.1 Å². The fraction of sp³-hybridized carbons (Fsp3) is 0.231. The highest BCUT2D eigenvalue weighted by molar-refractivity contribution is 5.38. The van der Waals surface area contributed by atoms with Crippen molar-refractivity contribution in [2.75, 3.05) is 6.54 Å². The first-order valence-corrected chi connectivity index (χ1v) is 5.35. The van der Waals surface area contributed by atoms with Gasteiger partial charge >= 0.3 is 0 Å². The minimum absolute atomic E-state index is 0.0651. The van der Waals surface area contributed by atoms with Crippen LogP contribution < -0.4 is 11.1 Å². The molecule has 0 unspecified atom stereocenters. The normalized spacial score (nSPS) is 8.82. The third-order valence-electron chi connectivity index (χ3n) is 2.29. The Bertz CT molecular complexity index is 446. The quantitative estimate of drug-likeness (QED) is 0.587. The number of nitrogens with one attached hydrogen (secondary N) is 1. The van der Waals surface area contributed by atoms with E-state index in [1.807, 2.05) is 18.2 Å². The molecule has 0 amide bonds. The summed E-state index contributed by atoms with van der Waals surface area (Å²) in [5.41, 5.74) is 6.74. The van der Waals surface area contributed by atoms with Crippen LogP contribution in [0.4, 0.5) is 0 Å². The fourth-order valence-corrected chi connectivity index (χ4v) is 1.39. The highest BCUT2D eigenvalue weighted by Gasteiger charge is 2.00. The number of nitrogens with two attached hydrogens (primary N) is 1. The second-order valence-corrected chi connectivity index (χ2v) is 3.53. The zero-order chi connectivity index (χ0) is 12.5. The van der Waals surface area contributed by atoms with Gasteiger partial charge in [0.25, 0.3) is 0 Å². The van der Waals surface area contributed by atoms with Crippen LogP contribution in [0.3, 0.4) is 0 Å². The van der Waals surface area contributed by atoms with Crippen LogP contribution in [0.25, 0.3) is 0 Å². The molecule has 3 N–H and O–H groups in total. The maximum atomic E-state index is 8.58. The van der Waals surface area contributed by atoms with Gasteiger partial charge in [0, 0.05) is 6.54 Å². The molecule has 0 saturated heterocycles. The molecular formula is C13H14N4. The molecule has 0 bridgehead atoms. The lowest BCUT2D eigenvalue weighted by Gasteiger charge is -2.06. The Kier molecular flexibility index (Phi) is 5.13. The first-order chi connectivity index (χ1) is 8.27. The maximum absolute atomic E-state index is 8.58. The second-order valence-electron chi connectivity index (χ2n) is 3.53. The highest BCUT2D eigenvalue weighted by Crippen LogP contribution is 2.01. The predicted octanol–water partition coefficient (Wildman–Crippen LogP) is 1.43. The van der Waals surface area contributed by atoms with E-state index in [0.717, 1.165) is 12.8 Å². The van der Waals surface area contributed by atoms with Crippen LogP contribution in [-0.2, 0) is 6.42 Å². The first kappa shape index (κ1) is 12.6. The number of hydrogen-bond donors (Lipinski definition) is 2. The smallest absolute Gasteiger partial charge is 0.169 e. The van der Waals surface area contributed by atoms with Crippen molar-refractivity contribution in [3.05, 3.63) is 47.3 Å². The molecule has 17 heavy (non-hydrogen) atoms. The van der Waals surface area contributed by atoms with Gasteiger partial charge in [-0.05, 0) is 18.4 Å². The molecule has 0 atom stereocenters. The van der Waals surface area contributed by atoms with Crippen molar-refractivity contribution in [1.82, 2.24) is 5.32 Å². The van der Waals surface area contributed by atoms with Gasteiger partial charge in [0.05, 0.1) is 0 Å². The van der Waals surface area contributed by atoms with Crippen molar-refractivity contribution in [2.24, 2.45) is 5.73 Å². The van der Waals surface area contributed by atoms with Crippen LogP contribution in [-0.4, -0.2) is 6.54 Å². The topological polar surface area (TPSA) is 85.6 Å². The van der Waals surface area contributed by atoms with Gasteiger partial charge in [-0.2, -0.15) is 10.5 Å². The van der Waals surface area contributed by atoms with Crippen LogP contribution in [0.5, 0.6) is 0 Å². The second kappa shape index (κ2) is 6.92. The van der Waals surface area contributed by atoms with Crippen molar-refractivity contribution >= 4 is 0 Å². The number of aryl methyl sites for hydroxylation is 1. The van der Waals surface area contributed by atoms with Crippen LogP contribution in [0.2, 0.25) is 0 Å². The molecule has 0 radical (unpaired) electrons. The van der Waals surface area contributed by atoms with Crippen LogP contribution in [0.15, 0.2) is 41.7 Å². The zero-order valence-electron chi connectivity index (χ0n) is 9.48. The standard InChI is InChI=1S/C13H14N4/c14-9-12(10-15)13(16)17-8-4-7-11-5-2-1-3-6-11/h1-3,5-6,17H,4,7-8,16H2. The van der Waals surface area contributed by atoms with E-state index in [0.29, 0.717) is 6.54 Å². The van der Waals surface area contributed by atoms with Crippen LogP contribution in [0, 0.1) is 22.7 Å². The summed E-state index contributed by atoms with van der Waals surface area (Å²) in [5.74, 6) is 0.156. The molecule has 0 aliphatic heterocycles. The van der Waals surface area contributed by atoms with Gasteiger partial charge in [0.1, 0.15) is 18.0 Å². The molecule has 0 aromatic heterocycles. The van der Waals surface area contributed by atoms with E-state index in [9.17, 15) is 0 Å². The van der Waals surface area contributed by atoms with Crippen molar-refractivity contribution in [3.63, 3.8) is 0 Å². The molecule has 0 spiro atoms. The van der Waals surface area contributed by atoms with E-state index < -0.39 is 0 Å². The Morgan fingerprint density at radius 2 is 1.82 bits per heavy atom. The van der Waals surface area contributed by atoms with E-state index in [4.69, 9.17) is 16.3 Å². The van der Waals surface area contributed by atoms with Crippen LogP contribution >= 0.6 is 0 Å². The Labute approximate surface area is 101 Å². The van der Waals surface area contributed by atoms with Gasteiger partial charge in [-0.15, -0.1) is 0 Å². The Morgan fingerprint density at radius 3 is 2.41 bits per heavy atom. The van der Waals surface area contributed by atoms with Crippen molar-refractivity contribution < 1.29 is 0 Å². The van der Waals surface area contributed by atoms with Gasteiger partial charge in [-0.1, -0.05) is 30.3 Å². The average molecular weight is 226 g/mol. The van der Waals surface area contributed by atoms with Crippen LogP contribution in [0.1, 0.15) is 12.0 Å². The Hall–Kier alpha value is -2.46. The molecule has 1 rings (SSSR count). The predicted molar refractivity (Wildman–Crippen MR) is 65.2 cm³/mol. The van der Waals surface area contributed by atoms with Gasteiger partial charge < -0.3 is 11.1 Å². The third-order valence-corrected chi connectivity index (χ3v) is 2.29. The summed E-state index contributed by atoms with van der Waals surface area (Å²) < 4.78 is 0. The minimum Gasteiger partial charge on any atom is -0.384 e. The molecule has 0 saturated carbocycles. The molecule has 1 aromatic rings. The summed E-state index contributed by atoms with van der Waals surface area (Å²) in [6, 6.07) is 13.6. The Morgan fingerprint density at radius 1 is 1.18 bits per heavy atom. The van der Waals surface area contributed by atoms with Gasteiger partial charge in [-0.3, -0.25) is 0 Å². The zero-order valence-corrected chi connectivity index (χ0v) is 9.48. The number of benzene rings is 1. The lowest BCUT2D eigenvalue weighted by atomic mass is 10.1. The summed E-state index contributed by atoms with van der Waals surface area (Å²) in [6.07, 6.45) is 1.84. The number of allylic oxidation sites excluding steroid dienone is 1. The Balaban J connectivity index is 2.33. The first-order valence-electron chi connectivity index (χ1n) is 5.35. The summed E-state index contributed by atoms with van der Waals surface area (Å²) >= 11 is 0. The number of nitriles is 2. The lowest BCUT2D eigenvalue weighted by molar-refractivity contribution is 0.716. The van der Waals surface area contributed by atoms with Gasteiger partial charge in [0.15, 0.2) is 5.57 Å². The van der Waals surface area contributed by atoms with E-state index in [1.165, 1.54) is 5.56 Å². The third kappa shape index (κ3) is 4.27.